The molecule has 3 aromatic rings. The van der Waals surface area contributed by atoms with Crippen molar-refractivity contribution in [1.29, 1.82) is 0 Å². The van der Waals surface area contributed by atoms with Gasteiger partial charge >= 0.3 is 5.97 Å². The van der Waals surface area contributed by atoms with E-state index in [0.717, 1.165) is 6.20 Å². The number of nitrogens with zero attached hydrogens (tertiary/aromatic N) is 4. The minimum Gasteiger partial charge on any atom is -0.493 e. The largest absolute Gasteiger partial charge is 0.493 e. The highest BCUT2D eigenvalue weighted by atomic mass is 32.2. The zero-order valence-corrected chi connectivity index (χ0v) is 12.5. The number of H-pyrrole nitrogens is 1. The predicted octanol–water partition coefficient (Wildman–Crippen LogP) is 0.682. The van der Waals surface area contributed by atoms with E-state index in [2.05, 4.69) is 20.3 Å². The zero-order valence-electron chi connectivity index (χ0n) is 11.7. The fraction of sp³-hybridized carbons (Fsp3) is 0.154. The molecule has 0 atom stereocenters. The summed E-state index contributed by atoms with van der Waals surface area (Å²) in [4.78, 5) is 24.4. The van der Waals surface area contributed by atoms with Crippen molar-refractivity contribution in [3.05, 3.63) is 46.4 Å². The van der Waals surface area contributed by atoms with E-state index >= 15 is 0 Å². The van der Waals surface area contributed by atoms with E-state index in [1.54, 1.807) is 12.1 Å². The van der Waals surface area contributed by atoms with Gasteiger partial charge in [0.2, 0.25) is 5.16 Å². The third kappa shape index (κ3) is 3.48. The molecule has 0 fully saturated rings. The number of hydrogen-bond donors (Lipinski definition) is 2. The Bertz CT molecular complexity index is 889. The molecule has 0 aliphatic heterocycles. The topological polar surface area (TPSA) is 122 Å². The molecular weight excluding hydrogens is 322 g/mol. The summed E-state index contributed by atoms with van der Waals surface area (Å²) in [6.07, 6.45) is 1.15. The molecule has 0 amide bonds. The number of carboxylic acid groups (broad SMARTS) is 1. The molecule has 9 nitrogen and oxygen atoms in total. The summed E-state index contributed by atoms with van der Waals surface area (Å²) in [5.74, 6) is 0.480. The third-order valence-corrected chi connectivity index (χ3v) is 3.71. The maximum atomic E-state index is 11.1. The molecule has 0 aliphatic carbocycles. The average Bonchev–Trinajstić information content (AvgIpc) is 2.94. The molecule has 118 valence electrons. The number of carbonyl (C=O) groups is 1. The average molecular weight is 333 g/mol. The molecular formula is C13H11N5O4S. The second-order valence-electron chi connectivity index (χ2n) is 4.38. The van der Waals surface area contributed by atoms with Gasteiger partial charge in [0.05, 0.1) is 12.2 Å². The fourth-order valence-electron chi connectivity index (χ4n) is 1.78. The molecule has 23 heavy (non-hydrogen) atoms. The maximum absolute atomic E-state index is 11.1. The van der Waals surface area contributed by atoms with Crippen molar-refractivity contribution in [3.63, 3.8) is 0 Å². The lowest BCUT2D eigenvalue weighted by Gasteiger charge is -2.05. The van der Waals surface area contributed by atoms with Gasteiger partial charge in [-0.15, -0.1) is 10.2 Å². The third-order valence-electron chi connectivity index (χ3n) is 2.82. The van der Waals surface area contributed by atoms with Crippen molar-refractivity contribution >= 4 is 23.5 Å². The highest BCUT2D eigenvalue weighted by Gasteiger charge is 2.08. The van der Waals surface area contributed by atoms with E-state index in [0.29, 0.717) is 23.3 Å². The lowest BCUT2D eigenvalue weighted by atomic mass is 10.2. The van der Waals surface area contributed by atoms with E-state index < -0.39 is 5.97 Å². The first-order valence-corrected chi connectivity index (χ1v) is 7.52. The molecule has 1 aromatic carbocycles. The monoisotopic (exact) mass is 333 g/mol. The first-order chi connectivity index (χ1) is 11.1. The molecule has 0 aliphatic rings. The van der Waals surface area contributed by atoms with Crippen molar-refractivity contribution in [2.24, 2.45) is 0 Å². The Morgan fingerprint density at radius 2 is 2.09 bits per heavy atom. The van der Waals surface area contributed by atoms with Gasteiger partial charge in [0.15, 0.2) is 0 Å². The Balaban J connectivity index is 1.54. The normalized spacial score (nSPS) is 10.8. The van der Waals surface area contributed by atoms with Gasteiger partial charge in [0.25, 0.3) is 11.3 Å². The molecule has 0 unspecified atom stereocenters. The molecule has 2 N–H and O–H groups in total. The standard InChI is InChI=1S/C13H11N5O4S/c19-10-7-14-18-12(15-10)16-17-13(18)23-6-5-22-9-3-1-8(2-4-9)11(20)21/h1-4,7H,5-6H2,(H,20,21)(H,15,16,19). The Morgan fingerprint density at radius 3 is 2.83 bits per heavy atom. The van der Waals surface area contributed by atoms with Crippen LogP contribution in [0.5, 0.6) is 5.75 Å². The van der Waals surface area contributed by atoms with Crippen LogP contribution in [0.15, 0.2) is 40.4 Å². The number of carboxylic acids is 1. The summed E-state index contributed by atoms with van der Waals surface area (Å²) < 4.78 is 6.96. The van der Waals surface area contributed by atoms with Gasteiger partial charge in [-0.1, -0.05) is 11.8 Å². The van der Waals surface area contributed by atoms with Gasteiger partial charge in [-0.05, 0) is 24.3 Å². The van der Waals surface area contributed by atoms with Crippen LogP contribution in [-0.2, 0) is 0 Å². The molecule has 0 radical (unpaired) electrons. The van der Waals surface area contributed by atoms with Crippen LogP contribution in [-0.4, -0.2) is 48.2 Å². The second kappa shape index (κ2) is 6.48. The lowest BCUT2D eigenvalue weighted by Crippen LogP contribution is -2.10. The Morgan fingerprint density at radius 1 is 1.30 bits per heavy atom. The number of aromatic nitrogens is 5. The van der Waals surface area contributed by atoms with Crippen LogP contribution in [0.25, 0.3) is 5.78 Å². The Kier molecular flexibility index (Phi) is 4.24. The van der Waals surface area contributed by atoms with E-state index in [9.17, 15) is 9.59 Å². The molecule has 10 heteroatoms. The zero-order chi connectivity index (χ0) is 16.2. The van der Waals surface area contributed by atoms with Crippen molar-refractivity contribution in [1.82, 2.24) is 24.8 Å². The summed E-state index contributed by atoms with van der Waals surface area (Å²) in [6.45, 7) is 0.398. The van der Waals surface area contributed by atoms with Gasteiger partial charge in [0.1, 0.15) is 11.9 Å². The molecule has 3 rings (SSSR count). The number of hydrogen-bond acceptors (Lipinski definition) is 7. The van der Waals surface area contributed by atoms with Gasteiger partial charge in [-0.2, -0.15) is 9.61 Å². The van der Waals surface area contributed by atoms with E-state index in [4.69, 9.17) is 9.84 Å². The van der Waals surface area contributed by atoms with Crippen LogP contribution in [0.1, 0.15) is 10.4 Å². The van der Waals surface area contributed by atoms with Gasteiger partial charge in [-0.25, -0.2) is 4.79 Å². The molecule has 0 saturated heterocycles. The fourth-order valence-corrected chi connectivity index (χ4v) is 2.48. The number of benzene rings is 1. The molecule has 2 heterocycles. The van der Waals surface area contributed by atoms with Gasteiger partial charge < -0.3 is 9.84 Å². The number of fused-ring (bicyclic) bond motifs is 1. The highest BCUT2D eigenvalue weighted by molar-refractivity contribution is 7.99. The number of nitrogens with one attached hydrogen (secondary N) is 1. The summed E-state index contributed by atoms with van der Waals surface area (Å²) in [6, 6.07) is 6.17. The van der Waals surface area contributed by atoms with Gasteiger partial charge in [0, 0.05) is 5.75 Å². The van der Waals surface area contributed by atoms with Crippen LogP contribution >= 0.6 is 11.8 Å². The Hall–Kier alpha value is -2.88. The molecule has 0 bridgehead atoms. The van der Waals surface area contributed by atoms with Crippen LogP contribution in [0.2, 0.25) is 0 Å². The van der Waals surface area contributed by atoms with Crippen molar-refractivity contribution < 1.29 is 14.6 Å². The second-order valence-corrected chi connectivity index (χ2v) is 5.44. The number of rotatable bonds is 6. The molecule has 0 spiro atoms. The smallest absolute Gasteiger partial charge is 0.335 e. The summed E-state index contributed by atoms with van der Waals surface area (Å²) in [5.41, 5.74) is -0.128. The summed E-state index contributed by atoms with van der Waals surface area (Å²) >= 11 is 1.38. The molecule has 0 saturated carbocycles. The van der Waals surface area contributed by atoms with Crippen LogP contribution in [0, 0.1) is 0 Å². The van der Waals surface area contributed by atoms with Crippen LogP contribution in [0.3, 0.4) is 0 Å². The minimum absolute atomic E-state index is 0.210. The summed E-state index contributed by atoms with van der Waals surface area (Å²) in [7, 11) is 0. The number of thioether (sulfide) groups is 1. The van der Waals surface area contributed by atoms with Crippen LogP contribution < -0.4 is 10.3 Å². The van der Waals surface area contributed by atoms with Crippen molar-refractivity contribution in [2.75, 3.05) is 12.4 Å². The van der Waals surface area contributed by atoms with E-state index in [1.807, 2.05) is 0 Å². The van der Waals surface area contributed by atoms with Crippen LogP contribution in [0.4, 0.5) is 0 Å². The molecule has 2 aromatic heterocycles. The van der Waals surface area contributed by atoms with E-state index in [1.165, 1.54) is 28.4 Å². The SMILES string of the molecule is O=C(O)c1ccc(OCCSc2nnc3[nH]c(=O)cnn23)cc1. The number of aromatic carboxylic acids is 1. The first kappa shape index (κ1) is 15.0. The lowest BCUT2D eigenvalue weighted by molar-refractivity contribution is 0.0697. The highest BCUT2D eigenvalue weighted by Crippen LogP contribution is 2.16. The predicted molar refractivity (Wildman–Crippen MR) is 81.0 cm³/mol. The van der Waals surface area contributed by atoms with Crippen molar-refractivity contribution in [2.45, 2.75) is 5.16 Å². The maximum Gasteiger partial charge on any atom is 0.335 e. The summed E-state index contributed by atoms with van der Waals surface area (Å²) in [5, 5.41) is 21.0. The Labute approximate surface area is 133 Å². The van der Waals surface area contributed by atoms with Gasteiger partial charge in [-0.3, -0.25) is 9.78 Å². The number of aromatic amines is 1. The first-order valence-electron chi connectivity index (χ1n) is 6.53. The minimum atomic E-state index is -0.976. The van der Waals surface area contributed by atoms with Crippen molar-refractivity contribution in [3.8, 4) is 5.75 Å². The van der Waals surface area contributed by atoms with E-state index in [-0.39, 0.29) is 16.9 Å². The number of ether oxygens (including phenoxy) is 1. The quantitative estimate of drug-likeness (QED) is 0.499.